The van der Waals surface area contributed by atoms with Crippen LogP contribution >= 0.6 is 0 Å². The van der Waals surface area contributed by atoms with Gasteiger partial charge in [-0.3, -0.25) is 0 Å². The van der Waals surface area contributed by atoms with Crippen LogP contribution in [0.15, 0.2) is 18.2 Å². The molecule has 1 aromatic carbocycles. The van der Waals surface area contributed by atoms with Gasteiger partial charge in [0.2, 0.25) is 0 Å². The minimum absolute atomic E-state index is 0.134. The van der Waals surface area contributed by atoms with Gasteiger partial charge >= 0.3 is 0 Å². The zero-order valence-corrected chi connectivity index (χ0v) is 8.71. The van der Waals surface area contributed by atoms with E-state index < -0.39 is 5.82 Å². The second kappa shape index (κ2) is 4.23. The molecule has 0 radical (unpaired) electrons. The molecule has 0 heterocycles. The summed E-state index contributed by atoms with van der Waals surface area (Å²) in [5.41, 5.74) is 1.16. The highest BCUT2D eigenvalue weighted by Gasteiger charge is 2.11. The molecule has 1 rings (SSSR count). The third kappa shape index (κ3) is 2.11. The number of halogens is 1. The van der Waals surface area contributed by atoms with Crippen LogP contribution in [0.4, 0.5) is 4.39 Å². The summed E-state index contributed by atoms with van der Waals surface area (Å²) in [5.74, 6) is 0.405. The normalized spacial score (nSPS) is 12.6. The molecule has 0 fully saturated rings. The van der Waals surface area contributed by atoms with Crippen molar-refractivity contribution in [2.45, 2.75) is 26.7 Å². The molecular formula is C12H14FN. The van der Waals surface area contributed by atoms with E-state index in [2.05, 4.69) is 20.8 Å². The molecule has 0 saturated carbocycles. The molecule has 0 unspecified atom stereocenters. The predicted molar refractivity (Wildman–Crippen MR) is 54.4 cm³/mol. The second-order valence-electron chi connectivity index (χ2n) is 3.88. The largest absolute Gasteiger partial charge is 0.206 e. The maximum atomic E-state index is 13.0. The first-order chi connectivity index (χ1) is 6.56. The molecule has 0 bridgehead atoms. The molecule has 0 spiro atoms. The first-order valence-electron chi connectivity index (χ1n) is 4.75. The van der Waals surface area contributed by atoms with Crippen molar-refractivity contribution in [3.05, 3.63) is 35.1 Å². The second-order valence-corrected chi connectivity index (χ2v) is 3.88. The summed E-state index contributed by atoms with van der Waals surface area (Å²) in [6, 6.07) is 6.61. The van der Waals surface area contributed by atoms with E-state index in [1.54, 1.807) is 12.1 Å². The summed E-state index contributed by atoms with van der Waals surface area (Å²) >= 11 is 0. The molecule has 1 aromatic rings. The molecule has 1 nitrogen and oxygen atoms in total. The summed E-state index contributed by atoms with van der Waals surface area (Å²) in [7, 11) is 0. The number of benzene rings is 1. The van der Waals surface area contributed by atoms with Crippen molar-refractivity contribution in [1.82, 2.24) is 0 Å². The van der Waals surface area contributed by atoms with E-state index in [0.717, 1.165) is 5.56 Å². The van der Waals surface area contributed by atoms with Crippen molar-refractivity contribution in [2.24, 2.45) is 5.92 Å². The Morgan fingerprint density at radius 3 is 2.43 bits per heavy atom. The van der Waals surface area contributed by atoms with E-state index >= 15 is 0 Å². The topological polar surface area (TPSA) is 23.8 Å². The van der Waals surface area contributed by atoms with Crippen LogP contribution in [0.2, 0.25) is 0 Å². The Hall–Kier alpha value is -1.36. The Labute approximate surface area is 84.2 Å². The molecule has 0 aliphatic heterocycles. The fraction of sp³-hybridized carbons (Fsp3) is 0.417. The first kappa shape index (κ1) is 10.7. The van der Waals surface area contributed by atoms with Crippen LogP contribution in [0.3, 0.4) is 0 Å². The van der Waals surface area contributed by atoms with E-state index in [-0.39, 0.29) is 5.56 Å². The van der Waals surface area contributed by atoms with Gasteiger partial charge in [-0.2, -0.15) is 5.26 Å². The van der Waals surface area contributed by atoms with Gasteiger partial charge in [-0.1, -0.05) is 26.8 Å². The summed E-state index contributed by atoms with van der Waals surface area (Å²) in [6.45, 7) is 6.30. The summed E-state index contributed by atoms with van der Waals surface area (Å²) in [5, 5.41) is 8.67. The van der Waals surface area contributed by atoms with Crippen molar-refractivity contribution < 1.29 is 4.39 Å². The molecule has 0 aliphatic rings. The van der Waals surface area contributed by atoms with Gasteiger partial charge in [0.1, 0.15) is 11.9 Å². The van der Waals surface area contributed by atoms with E-state index in [4.69, 9.17) is 5.26 Å². The lowest BCUT2D eigenvalue weighted by Gasteiger charge is -2.15. The van der Waals surface area contributed by atoms with Gasteiger partial charge in [0.05, 0.1) is 5.56 Å². The van der Waals surface area contributed by atoms with Crippen LogP contribution in [-0.4, -0.2) is 0 Å². The van der Waals surface area contributed by atoms with Crippen LogP contribution in [-0.2, 0) is 0 Å². The summed E-state index contributed by atoms with van der Waals surface area (Å²) in [6.07, 6.45) is 0. The minimum atomic E-state index is -0.438. The van der Waals surface area contributed by atoms with E-state index in [9.17, 15) is 4.39 Å². The molecule has 2 heteroatoms. The fourth-order valence-corrected chi connectivity index (χ4v) is 1.30. The van der Waals surface area contributed by atoms with Gasteiger partial charge in [0.15, 0.2) is 0 Å². The average molecular weight is 191 g/mol. The lowest BCUT2D eigenvalue weighted by Crippen LogP contribution is -2.02. The smallest absolute Gasteiger partial charge is 0.140 e. The predicted octanol–water partition coefficient (Wildman–Crippen LogP) is 3.46. The Morgan fingerprint density at radius 1 is 1.29 bits per heavy atom. The quantitative estimate of drug-likeness (QED) is 0.702. The van der Waals surface area contributed by atoms with Crippen LogP contribution in [0, 0.1) is 23.1 Å². The Morgan fingerprint density at radius 2 is 1.93 bits per heavy atom. The zero-order valence-electron chi connectivity index (χ0n) is 8.71. The zero-order chi connectivity index (χ0) is 10.7. The summed E-state index contributed by atoms with van der Waals surface area (Å²) in [4.78, 5) is 0. The molecule has 0 N–H and O–H groups in total. The molecule has 14 heavy (non-hydrogen) atoms. The van der Waals surface area contributed by atoms with E-state index in [1.807, 2.05) is 6.07 Å². The molecule has 0 saturated heterocycles. The number of hydrogen-bond donors (Lipinski definition) is 0. The van der Waals surface area contributed by atoms with Crippen molar-refractivity contribution in [3.8, 4) is 6.07 Å². The number of rotatable bonds is 2. The number of nitriles is 1. The van der Waals surface area contributed by atoms with Crippen molar-refractivity contribution >= 4 is 0 Å². The minimum Gasteiger partial charge on any atom is -0.206 e. The van der Waals surface area contributed by atoms with Crippen LogP contribution < -0.4 is 0 Å². The maximum absolute atomic E-state index is 13.0. The summed E-state index contributed by atoms with van der Waals surface area (Å²) < 4.78 is 13.0. The van der Waals surface area contributed by atoms with Gasteiger partial charge in [0, 0.05) is 0 Å². The first-order valence-corrected chi connectivity index (χ1v) is 4.75. The van der Waals surface area contributed by atoms with Gasteiger partial charge in [-0.15, -0.1) is 0 Å². The molecule has 0 aliphatic carbocycles. The van der Waals surface area contributed by atoms with Crippen LogP contribution in [0.5, 0.6) is 0 Å². The molecule has 1 atom stereocenters. The highest BCUT2D eigenvalue weighted by atomic mass is 19.1. The van der Waals surface area contributed by atoms with Crippen molar-refractivity contribution in [3.63, 3.8) is 0 Å². The third-order valence-electron chi connectivity index (χ3n) is 2.64. The Bertz CT molecular complexity index is 363. The lowest BCUT2D eigenvalue weighted by atomic mass is 9.89. The molecule has 74 valence electrons. The highest BCUT2D eigenvalue weighted by molar-refractivity contribution is 5.35. The lowest BCUT2D eigenvalue weighted by molar-refractivity contribution is 0.533. The van der Waals surface area contributed by atoms with Gasteiger partial charge in [0.25, 0.3) is 0 Å². The van der Waals surface area contributed by atoms with E-state index in [1.165, 1.54) is 6.07 Å². The van der Waals surface area contributed by atoms with Crippen molar-refractivity contribution in [1.29, 1.82) is 5.26 Å². The maximum Gasteiger partial charge on any atom is 0.140 e. The van der Waals surface area contributed by atoms with Gasteiger partial charge in [-0.05, 0) is 29.5 Å². The monoisotopic (exact) mass is 191 g/mol. The van der Waals surface area contributed by atoms with Crippen LogP contribution in [0.1, 0.15) is 37.8 Å². The average Bonchev–Trinajstić information content (AvgIpc) is 2.17. The standard InChI is InChI=1S/C12H14FN/c1-8(2)9(3)10-4-5-12(13)11(6-10)7-14/h4-6,8-9H,1-3H3/t9-/m0/s1. The number of nitrogens with zero attached hydrogens (tertiary/aromatic N) is 1. The third-order valence-corrected chi connectivity index (χ3v) is 2.64. The SMILES string of the molecule is CC(C)[C@H](C)c1ccc(F)c(C#N)c1. The Balaban J connectivity index is 3.08. The van der Waals surface area contributed by atoms with Gasteiger partial charge in [-0.25, -0.2) is 4.39 Å². The van der Waals surface area contributed by atoms with Gasteiger partial charge < -0.3 is 0 Å². The van der Waals surface area contributed by atoms with E-state index in [0.29, 0.717) is 11.8 Å². The number of hydrogen-bond acceptors (Lipinski definition) is 1. The molecular weight excluding hydrogens is 177 g/mol. The van der Waals surface area contributed by atoms with Crippen LogP contribution in [0.25, 0.3) is 0 Å². The molecule has 0 aromatic heterocycles. The Kier molecular flexibility index (Phi) is 3.24. The molecule has 0 amide bonds. The highest BCUT2D eigenvalue weighted by Crippen LogP contribution is 2.24. The fourth-order valence-electron chi connectivity index (χ4n) is 1.30. The van der Waals surface area contributed by atoms with Crippen molar-refractivity contribution in [2.75, 3.05) is 0 Å².